The van der Waals surface area contributed by atoms with Crippen molar-refractivity contribution in [1.82, 2.24) is 4.90 Å². The number of anilines is 1. The number of urea groups is 1. The Hall–Kier alpha value is -1.55. The number of amides is 2. The van der Waals surface area contributed by atoms with Crippen LogP contribution in [-0.2, 0) is 0 Å². The molecular weight excluding hydrogens is 240 g/mol. The molecule has 1 aromatic rings. The van der Waals surface area contributed by atoms with E-state index in [4.69, 9.17) is 0 Å². The van der Waals surface area contributed by atoms with Crippen molar-refractivity contribution in [2.24, 2.45) is 5.92 Å². The molecule has 2 unspecified atom stereocenters. The van der Waals surface area contributed by atoms with Crippen LogP contribution in [0.4, 0.5) is 10.5 Å². The highest BCUT2D eigenvalue weighted by atomic mass is 16.3. The van der Waals surface area contributed by atoms with Gasteiger partial charge in [0.15, 0.2) is 0 Å². The number of benzene rings is 1. The number of β-amino-alcohol motifs (C(OH)–C–C–N with tert-alkyl or cyclic N) is 1. The highest BCUT2D eigenvalue weighted by molar-refractivity contribution is 5.90. The number of aliphatic hydroxyl groups is 1. The van der Waals surface area contributed by atoms with Gasteiger partial charge in [-0.05, 0) is 43.4 Å². The molecule has 1 saturated heterocycles. The van der Waals surface area contributed by atoms with Gasteiger partial charge in [-0.1, -0.05) is 19.1 Å². The minimum atomic E-state index is -0.418. The zero-order chi connectivity index (χ0) is 14.0. The second-order valence-electron chi connectivity index (χ2n) is 5.46. The van der Waals surface area contributed by atoms with Gasteiger partial charge >= 0.3 is 6.03 Å². The number of likely N-dealkylation sites (tertiary alicyclic amines) is 1. The third-order valence-electron chi connectivity index (χ3n) is 4.05. The van der Waals surface area contributed by atoms with Gasteiger partial charge in [-0.2, -0.15) is 0 Å². The summed E-state index contributed by atoms with van der Waals surface area (Å²) in [5, 5.41) is 12.8. The van der Waals surface area contributed by atoms with Gasteiger partial charge in [0.05, 0.1) is 6.10 Å². The SMILES string of the molecule is Cc1cccc(NC(=O)N2CCC(C)C(O)C2)c1C. The molecule has 4 heteroatoms. The van der Waals surface area contributed by atoms with E-state index in [0.29, 0.717) is 13.1 Å². The van der Waals surface area contributed by atoms with Crippen LogP contribution in [0, 0.1) is 19.8 Å². The fourth-order valence-electron chi connectivity index (χ4n) is 2.31. The first-order valence-corrected chi connectivity index (χ1v) is 6.79. The standard InChI is InChI=1S/C15H22N2O2/c1-10-5-4-6-13(12(10)3)16-15(19)17-8-7-11(2)14(18)9-17/h4-6,11,14,18H,7-9H2,1-3H3,(H,16,19). The molecule has 2 atom stereocenters. The first kappa shape index (κ1) is 13.9. The number of hydrogen-bond acceptors (Lipinski definition) is 2. The van der Waals surface area contributed by atoms with Crippen molar-refractivity contribution < 1.29 is 9.90 Å². The predicted octanol–water partition coefficient (Wildman–Crippen LogP) is 2.54. The number of hydrogen-bond donors (Lipinski definition) is 2. The third-order valence-corrected chi connectivity index (χ3v) is 4.05. The molecule has 0 spiro atoms. The number of nitrogens with zero attached hydrogens (tertiary/aromatic N) is 1. The quantitative estimate of drug-likeness (QED) is 0.817. The van der Waals surface area contributed by atoms with Gasteiger partial charge in [-0.3, -0.25) is 0 Å². The summed E-state index contributed by atoms with van der Waals surface area (Å²) in [6, 6.07) is 5.74. The minimum absolute atomic E-state index is 0.125. The fourth-order valence-corrected chi connectivity index (χ4v) is 2.31. The summed E-state index contributed by atoms with van der Waals surface area (Å²) in [6.45, 7) is 7.16. The lowest BCUT2D eigenvalue weighted by atomic mass is 9.96. The van der Waals surface area contributed by atoms with E-state index in [2.05, 4.69) is 5.32 Å². The third kappa shape index (κ3) is 3.07. The Morgan fingerprint density at radius 2 is 2.16 bits per heavy atom. The normalized spacial score (nSPS) is 23.3. The lowest BCUT2D eigenvalue weighted by Crippen LogP contribution is -2.47. The smallest absolute Gasteiger partial charge is 0.321 e. The summed E-state index contributed by atoms with van der Waals surface area (Å²) < 4.78 is 0. The van der Waals surface area contributed by atoms with Crippen molar-refractivity contribution in [3.05, 3.63) is 29.3 Å². The molecule has 0 saturated carbocycles. The highest BCUT2D eigenvalue weighted by Crippen LogP contribution is 2.21. The van der Waals surface area contributed by atoms with Gasteiger partial charge in [0.2, 0.25) is 0 Å². The maximum Gasteiger partial charge on any atom is 0.321 e. The van der Waals surface area contributed by atoms with Gasteiger partial charge in [0, 0.05) is 18.8 Å². The monoisotopic (exact) mass is 262 g/mol. The molecule has 1 heterocycles. The van der Waals surface area contributed by atoms with Gasteiger partial charge in [-0.25, -0.2) is 4.79 Å². The molecule has 0 aromatic heterocycles. The molecule has 0 aliphatic carbocycles. The average Bonchev–Trinajstić information content (AvgIpc) is 2.38. The molecule has 104 valence electrons. The Labute approximate surface area is 114 Å². The summed E-state index contributed by atoms with van der Waals surface area (Å²) in [7, 11) is 0. The van der Waals surface area contributed by atoms with Crippen LogP contribution in [0.25, 0.3) is 0 Å². The lowest BCUT2D eigenvalue weighted by molar-refractivity contribution is 0.0464. The largest absolute Gasteiger partial charge is 0.391 e. The lowest BCUT2D eigenvalue weighted by Gasteiger charge is -2.34. The Morgan fingerprint density at radius 1 is 1.42 bits per heavy atom. The van der Waals surface area contributed by atoms with E-state index in [1.807, 2.05) is 39.0 Å². The summed E-state index contributed by atoms with van der Waals surface area (Å²) in [5.74, 6) is 0.268. The number of carbonyl (C=O) groups is 1. The molecule has 19 heavy (non-hydrogen) atoms. The Balaban J connectivity index is 2.03. The van der Waals surface area contributed by atoms with Crippen molar-refractivity contribution in [1.29, 1.82) is 0 Å². The zero-order valence-electron chi connectivity index (χ0n) is 11.8. The summed E-state index contributed by atoms with van der Waals surface area (Å²) >= 11 is 0. The van der Waals surface area contributed by atoms with Crippen LogP contribution in [0.3, 0.4) is 0 Å². The van der Waals surface area contributed by atoms with E-state index >= 15 is 0 Å². The fraction of sp³-hybridized carbons (Fsp3) is 0.533. The number of nitrogens with one attached hydrogen (secondary N) is 1. The van der Waals surface area contributed by atoms with Gasteiger partial charge in [0.1, 0.15) is 0 Å². The van der Waals surface area contributed by atoms with Gasteiger partial charge in [0.25, 0.3) is 0 Å². The summed E-state index contributed by atoms with van der Waals surface area (Å²) in [4.78, 5) is 13.9. The Kier molecular flexibility index (Phi) is 4.10. The van der Waals surface area contributed by atoms with Crippen molar-refractivity contribution in [3.8, 4) is 0 Å². The molecule has 0 radical (unpaired) electrons. The van der Waals surface area contributed by atoms with E-state index in [-0.39, 0.29) is 11.9 Å². The van der Waals surface area contributed by atoms with Crippen LogP contribution in [0.1, 0.15) is 24.5 Å². The van der Waals surface area contributed by atoms with E-state index in [1.165, 1.54) is 0 Å². The van der Waals surface area contributed by atoms with Gasteiger partial charge in [-0.15, -0.1) is 0 Å². The van der Waals surface area contributed by atoms with Crippen LogP contribution in [0.5, 0.6) is 0 Å². The van der Waals surface area contributed by atoms with Crippen molar-refractivity contribution in [2.75, 3.05) is 18.4 Å². The molecule has 2 rings (SSSR count). The van der Waals surface area contributed by atoms with Crippen LogP contribution >= 0.6 is 0 Å². The molecular formula is C15H22N2O2. The first-order valence-electron chi connectivity index (χ1n) is 6.79. The van der Waals surface area contributed by atoms with Gasteiger partial charge < -0.3 is 15.3 Å². The maximum absolute atomic E-state index is 12.2. The van der Waals surface area contributed by atoms with Crippen LogP contribution in [0.2, 0.25) is 0 Å². The van der Waals surface area contributed by atoms with Crippen LogP contribution < -0.4 is 5.32 Å². The average molecular weight is 262 g/mol. The highest BCUT2D eigenvalue weighted by Gasteiger charge is 2.27. The van der Waals surface area contributed by atoms with E-state index < -0.39 is 6.10 Å². The maximum atomic E-state index is 12.2. The molecule has 4 nitrogen and oxygen atoms in total. The Bertz CT molecular complexity index is 473. The predicted molar refractivity (Wildman–Crippen MR) is 76.3 cm³/mol. The molecule has 2 N–H and O–H groups in total. The number of aryl methyl sites for hydroxylation is 1. The van der Waals surface area contributed by atoms with E-state index in [1.54, 1.807) is 4.90 Å². The molecule has 2 amide bonds. The van der Waals surface area contributed by atoms with Crippen LogP contribution in [-0.4, -0.2) is 35.2 Å². The van der Waals surface area contributed by atoms with Crippen molar-refractivity contribution in [3.63, 3.8) is 0 Å². The topological polar surface area (TPSA) is 52.6 Å². The summed E-state index contributed by atoms with van der Waals surface area (Å²) in [5.41, 5.74) is 3.09. The van der Waals surface area contributed by atoms with E-state index in [0.717, 1.165) is 23.2 Å². The number of aliphatic hydroxyl groups excluding tert-OH is 1. The molecule has 1 aliphatic rings. The second kappa shape index (κ2) is 5.61. The number of carbonyl (C=O) groups excluding carboxylic acids is 1. The van der Waals surface area contributed by atoms with Crippen molar-refractivity contribution in [2.45, 2.75) is 33.3 Å². The van der Waals surface area contributed by atoms with E-state index in [9.17, 15) is 9.90 Å². The zero-order valence-corrected chi connectivity index (χ0v) is 11.8. The number of rotatable bonds is 1. The molecule has 1 aromatic carbocycles. The number of piperidine rings is 1. The molecule has 1 aliphatic heterocycles. The minimum Gasteiger partial charge on any atom is -0.391 e. The Morgan fingerprint density at radius 3 is 2.84 bits per heavy atom. The second-order valence-corrected chi connectivity index (χ2v) is 5.46. The first-order chi connectivity index (χ1) is 8.99. The summed E-state index contributed by atoms with van der Waals surface area (Å²) in [6.07, 6.45) is 0.430. The van der Waals surface area contributed by atoms with Crippen molar-refractivity contribution >= 4 is 11.7 Å². The molecule has 0 bridgehead atoms. The molecule has 1 fully saturated rings. The van der Waals surface area contributed by atoms with Crippen LogP contribution in [0.15, 0.2) is 18.2 Å².